The fraction of sp³-hybridized carbons (Fsp3) is 0.172. The Hall–Kier alpha value is -3.50. The van der Waals surface area contributed by atoms with E-state index >= 15 is 0 Å². The molecule has 0 atom stereocenters. The van der Waals surface area contributed by atoms with Gasteiger partial charge in [0.1, 0.15) is 18.1 Å². The normalized spacial score (nSPS) is 10.7. The molecule has 0 saturated heterocycles. The molecule has 10 heteroatoms. The van der Waals surface area contributed by atoms with Gasteiger partial charge in [0.05, 0.1) is 34.4 Å². The van der Waals surface area contributed by atoms with Crippen molar-refractivity contribution in [1.29, 1.82) is 0 Å². The first-order chi connectivity index (χ1) is 18.4. The van der Waals surface area contributed by atoms with Crippen LogP contribution in [0.4, 0.5) is 0 Å². The third-order valence-electron chi connectivity index (χ3n) is 5.74. The molecule has 0 bridgehead atoms. The SMILES string of the molecule is COc1cc(OC)c(-c2cc3ccccc3s2)cc1/C=C/C(=O)c1cc(OC)c(OCC(=O)[O-])c(OC)c1.[Na+]. The van der Waals surface area contributed by atoms with Crippen LogP contribution < -0.4 is 58.3 Å². The van der Waals surface area contributed by atoms with Crippen LogP contribution in [0.2, 0.25) is 0 Å². The Morgan fingerprint density at radius 2 is 1.49 bits per heavy atom. The molecule has 0 saturated carbocycles. The van der Waals surface area contributed by atoms with Crippen molar-refractivity contribution in [3.05, 3.63) is 71.8 Å². The maximum absolute atomic E-state index is 13.1. The van der Waals surface area contributed by atoms with Crippen molar-refractivity contribution in [3.8, 4) is 39.2 Å². The Bertz CT molecular complexity index is 1470. The number of methoxy groups -OCH3 is 4. The summed E-state index contributed by atoms with van der Waals surface area (Å²) in [5.41, 5.74) is 1.81. The molecule has 196 valence electrons. The number of hydrogen-bond donors (Lipinski definition) is 0. The molecule has 3 aromatic carbocycles. The number of fused-ring (bicyclic) bond motifs is 1. The summed E-state index contributed by atoms with van der Waals surface area (Å²) < 4.78 is 28.2. The van der Waals surface area contributed by atoms with Crippen LogP contribution in [0.15, 0.2) is 60.7 Å². The summed E-state index contributed by atoms with van der Waals surface area (Å²) >= 11 is 1.65. The average Bonchev–Trinajstić information content (AvgIpc) is 3.37. The van der Waals surface area contributed by atoms with E-state index in [1.807, 2.05) is 18.2 Å². The molecule has 0 spiro atoms. The van der Waals surface area contributed by atoms with Crippen LogP contribution in [0.25, 0.3) is 26.6 Å². The minimum Gasteiger partial charge on any atom is -0.546 e. The van der Waals surface area contributed by atoms with Crippen LogP contribution in [0.5, 0.6) is 28.7 Å². The van der Waals surface area contributed by atoms with Crippen LogP contribution in [0, 0.1) is 0 Å². The first-order valence-corrected chi connectivity index (χ1v) is 12.3. The van der Waals surface area contributed by atoms with Gasteiger partial charge >= 0.3 is 29.6 Å². The molecule has 4 aromatic rings. The van der Waals surface area contributed by atoms with Crippen molar-refractivity contribution in [2.75, 3.05) is 35.0 Å². The fourth-order valence-electron chi connectivity index (χ4n) is 3.92. The maximum atomic E-state index is 13.1. The molecule has 8 nitrogen and oxygen atoms in total. The summed E-state index contributed by atoms with van der Waals surface area (Å²) in [5, 5.41) is 12.0. The number of carbonyl (C=O) groups excluding carboxylic acids is 2. The summed E-state index contributed by atoms with van der Waals surface area (Å²) in [6.07, 6.45) is 3.08. The summed E-state index contributed by atoms with van der Waals surface area (Å²) in [5.74, 6) is -0.192. The zero-order chi connectivity index (χ0) is 27.2. The second-order valence-electron chi connectivity index (χ2n) is 8.01. The molecule has 0 aliphatic rings. The van der Waals surface area contributed by atoms with Crippen molar-refractivity contribution < 1.29 is 67.9 Å². The first kappa shape index (κ1) is 30.0. The number of rotatable bonds is 11. The standard InChI is InChI=1S/C29H26O8S.Na/c1-33-22-15-23(34-2)20(27-14-18-7-5-6-8-26(18)38-27)11-17(22)9-10-21(30)19-12-24(35-3)29(25(13-19)36-4)37-16-28(31)32;/h5-15H,16H2,1-4H3,(H,31,32);/q;+1/p-1/b10-9+;. The third-order valence-corrected chi connectivity index (χ3v) is 6.89. The molecule has 39 heavy (non-hydrogen) atoms. The average molecular weight is 557 g/mol. The monoisotopic (exact) mass is 556 g/mol. The van der Waals surface area contributed by atoms with E-state index in [0.717, 1.165) is 20.5 Å². The Morgan fingerprint density at radius 3 is 2.08 bits per heavy atom. The fourth-order valence-corrected chi connectivity index (χ4v) is 5.00. The number of thiophene rings is 1. The van der Waals surface area contributed by atoms with E-state index in [2.05, 4.69) is 18.2 Å². The van der Waals surface area contributed by atoms with Gasteiger partial charge in [-0.1, -0.05) is 18.2 Å². The van der Waals surface area contributed by atoms with Crippen molar-refractivity contribution in [3.63, 3.8) is 0 Å². The van der Waals surface area contributed by atoms with Gasteiger partial charge in [0.15, 0.2) is 17.3 Å². The molecule has 0 unspecified atom stereocenters. The maximum Gasteiger partial charge on any atom is 1.00 e. The van der Waals surface area contributed by atoms with Crippen molar-refractivity contribution in [1.82, 2.24) is 0 Å². The molecule has 0 radical (unpaired) electrons. The molecule has 0 fully saturated rings. The Labute approximate surface area is 252 Å². The summed E-state index contributed by atoms with van der Waals surface area (Å²) in [6, 6.07) is 16.8. The van der Waals surface area contributed by atoms with Crippen LogP contribution in [0.3, 0.4) is 0 Å². The van der Waals surface area contributed by atoms with Gasteiger partial charge in [0.25, 0.3) is 0 Å². The minimum atomic E-state index is -1.40. The van der Waals surface area contributed by atoms with E-state index in [9.17, 15) is 14.7 Å². The summed E-state index contributed by atoms with van der Waals surface area (Å²) in [7, 11) is 5.91. The van der Waals surface area contributed by atoms with Crippen LogP contribution in [0.1, 0.15) is 15.9 Å². The number of benzene rings is 3. The number of carboxylic acid groups (broad SMARTS) is 1. The van der Waals surface area contributed by atoms with E-state index in [1.165, 1.54) is 32.4 Å². The molecule has 1 heterocycles. The number of ketones is 1. The largest absolute Gasteiger partial charge is 1.00 e. The van der Waals surface area contributed by atoms with E-state index < -0.39 is 12.6 Å². The summed E-state index contributed by atoms with van der Waals surface area (Å²) in [4.78, 5) is 25.0. The zero-order valence-electron chi connectivity index (χ0n) is 22.2. The first-order valence-electron chi connectivity index (χ1n) is 11.4. The van der Waals surface area contributed by atoms with E-state index in [-0.39, 0.29) is 58.2 Å². The second-order valence-corrected chi connectivity index (χ2v) is 9.09. The number of aliphatic carboxylic acids is 1. The number of allylic oxidation sites excluding steroid dienone is 1. The quantitative estimate of drug-likeness (QED) is 0.156. The number of carboxylic acids is 1. The predicted octanol–water partition coefficient (Wildman–Crippen LogP) is 1.63. The number of carbonyl (C=O) groups is 2. The van der Waals surface area contributed by atoms with Crippen LogP contribution >= 0.6 is 11.3 Å². The Balaban J connectivity index is 0.00000420. The molecule has 0 amide bonds. The van der Waals surface area contributed by atoms with Crippen molar-refractivity contribution in [2.24, 2.45) is 0 Å². The van der Waals surface area contributed by atoms with Gasteiger partial charge in [-0.3, -0.25) is 4.79 Å². The van der Waals surface area contributed by atoms with Crippen molar-refractivity contribution >= 4 is 39.3 Å². The van der Waals surface area contributed by atoms with E-state index in [4.69, 9.17) is 23.7 Å². The zero-order valence-corrected chi connectivity index (χ0v) is 25.0. The van der Waals surface area contributed by atoms with Crippen LogP contribution in [-0.4, -0.2) is 46.8 Å². The number of hydrogen-bond acceptors (Lipinski definition) is 9. The van der Waals surface area contributed by atoms with Crippen molar-refractivity contribution in [2.45, 2.75) is 0 Å². The van der Waals surface area contributed by atoms with Crippen LogP contribution in [-0.2, 0) is 4.79 Å². The Morgan fingerprint density at radius 1 is 0.846 bits per heavy atom. The molecular formula is C29H25NaO8S. The van der Waals surface area contributed by atoms with E-state index in [0.29, 0.717) is 17.1 Å². The van der Waals surface area contributed by atoms with Gasteiger partial charge in [0, 0.05) is 32.3 Å². The topological polar surface area (TPSA) is 103 Å². The van der Waals surface area contributed by atoms with Gasteiger partial charge < -0.3 is 33.6 Å². The minimum absolute atomic E-state index is 0. The van der Waals surface area contributed by atoms with Gasteiger partial charge in [0.2, 0.25) is 5.75 Å². The van der Waals surface area contributed by atoms with Gasteiger partial charge in [-0.15, -0.1) is 11.3 Å². The Kier molecular flexibility index (Phi) is 10.4. The number of ether oxygens (including phenoxy) is 5. The molecule has 1 aromatic heterocycles. The molecule has 0 aliphatic heterocycles. The van der Waals surface area contributed by atoms with Gasteiger partial charge in [-0.25, -0.2) is 0 Å². The molecular weight excluding hydrogens is 531 g/mol. The molecule has 0 aliphatic carbocycles. The molecule has 4 rings (SSSR count). The predicted molar refractivity (Wildman–Crippen MR) is 144 cm³/mol. The molecule has 0 N–H and O–H groups in total. The smallest absolute Gasteiger partial charge is 0.546 e. The van der Waals surface area contributed by atoms with Gasteiger partial charge in [-0.05, 0) is 47.9 Å². The second kappa shape index (κ2) is 13.5. The third kappa shape index (κ3) is 6.75. The van der Waals surface area contributed by atoms with E-state index in [1.54, 1.807) is 37.7 Å². The summed E-state index contributed by atoms with van der Waals surface area (Å²) in [6.45, 7) is -0.695. The van der Waals surface area contributed by atoms with Gasteiger partial charge in [-0.2, -0.15) is 0 Å².